The lowest BCUT2D eigenvalue weighted by atomic mass is 9.45. The van der Waals surface area contributed by atoms with E-state index in [0.717, 1.165) is 75.1 Å². The SMILES string of the molecule is CCCCC[C@@H]1CC[C@@H](NC)C[C@H]1OC[C@@]1(O)C[C@@]23C(=C1C(=O)[O-])C[C@@H](CC[C@H]2C)[C@@]31C[NH+](C(N)=NC)CC[C@@H]1CNCCO. The summed E-state index contributed by atoms with van der Waals surface area (Å²) in [6.07, 6.45) is 11.7. The van der Waals surface area contributed by atoms with Crippen LogP contribution < -0.4 is 26.4 Å². The number of unbranched alkanes of at least 4 members (excludes halogenated alkanes) is 2. The predicted octanol–water partition coefficient (Wildman–Crippen LogP) is 0.375. The van der Waals surface area contributed by atoms with Crippen LogP contribution in [0.5, 0.6) is 0 Å². The molecular formula is C35H61N5O5. The van der Waals surface area contributed by atoms with Gasteiger partial charge in [-0.3, -0.25) is 4.90 Å². The lowest BCUT2D eigenvalue weighted by Gasteiger charge is -2.60. The Balaban J connectivity index is 1.51. The molecule has 45 heavy (non-hydrogen) atoms. The van der Waals surface area contributed by atoms with Crippen molar-refractivity contribution in [2.45, 2.75) is 109 Å². The zero-order valence-corrected chi connectivity index (χ0v) is 28.3. The maximum atomic E-state index is 13.1. The molecule has 1 unspecified atom stereocenters. The fourth-order valence-electron chi connectivity index (χ4n) is 11.2. The highest BCUT2D eigenvalue weighted by Gasteiger charge is 2.75. The summed E-state index contributed by atoms with van der Waals surface area (Å²) in [5, 5.41) is 42.3. The standard InChI is InChI=1S/C35H61N5O5/c1-5-6-7-8-24-10-12-27(37-3)18-29(24)45-22-33(44)20-34-23(2)9-11-25(17-28(34)30(33)31(42)43)35(34)21-40(32(36)38-4)15-13-26(35)19-39-14-16-41/h23-27,29,37,39,41,44H,5-22H2,1-4H3,(H2,36,38)(H,42,43)/t23-,24-,25-,26-,27-,29-,33+,34+,35-/m1/s1. The van der Waals surface area contributed by atoms with E-state index in [1.54, 1.807) is 7.05 Å². The van der Waals surface area contributed by atoms with Gasteiger partial charge in [0.05, 0.1) is 38.4 Å². The summed E-state index contributed by atoms with van der Waals surface area (Å²) in [6, 6.07) is 0.365. The summed E-state index contributed by atoms with van der Waals surface area (Å²) in [6.45, 7) is 7.46. The number of aliphatic imine (C=N–C) groups is 1. The number of carbonyl (C=O) groups excluding carboxylic acids is 1. The van der Waals surface area contributed by atoms with Crippen molar-refractivity contribution in [1.29, 1.82) is 0 Å². The quantitative estimate of drug-likeness (QED) is 0.0968. The molecule has 10 atom stereocenters. The van der Waals surface area contributed by atoms with Crippen molar-refractivity contribution in [2.24, 2.45) is 45.2 Å². The highest BCUT2D eigenvalue weighted by molar-refractivity contribution is 5.90. The van der Waals surface area contributed by atoms with Gasteiger partial charge in [-0.2, -0.15) is 0 Å². The first-order chi connectivity index (χ1) is 21.6. The number of carbonyl (C=O) groups is 1. The number of nitrogens with one attached hydrogen (secondary N) is 3. The van der Waals surface area contributed by atoms with Crippen LogP contribution in [0.1, 0.15) is 90.9 Å². The van der Waals surface area contributed by atoms with Crippen molar-refractivity contribution in [3.63, 3.8) is 0 Å². The molecule has 10 heteroatoms. The number of carboxylic acids is 1. The van der Waals surface area contributed by atoms with E-state index in [2.05, 4.69) is 29.5 Å². The number of aliphatic hydroxyl groups is 2. The number of carboxylic acid groups (broad SMARTS) is 1. The molecule has 5 rings (SSSR count). The van der Waals surface area contributed by atoms with Crippen LogP contribution in [0.15, 0.2) is 16.1 Å². The van der Waals surface area contributed by atoms with Crippen LogP contribution in [0.4, 0.5) is 0 Å². The third kappa shape index (κ3) is 6.01. The largest absolute Gasteiger partial charge is 0.545 e. The Morgan fingerprint density at radius 1 is 1.22 bits per heavy atom. The first kappa shape index (κ1) is 34.8. The topological polar surface area (TPSA) is 157 Å². The Morgan fingerprint density at radius 2 is 2.02 bits per heavy atom. The van der Waals surface area contributed by atoms with E-state index in [9.17, 15) is 20.1 Å². The maximum absolute atomic E-state index is 13.1. The van der Waals surface area contributed by atoms with Crippen LogP contribution in [0, 0.1) is 34.5 Å². The predicted molar refractivity (Wildman–Crippen MR) is 173 cm³/mol. The van der Waals surface area contributed by atoms with Crippen molar-refractivity contribution in [3.8, 4) is 0 Å². The molecule has 0 amide bonds. The molecule has 4 aliphatic carbocycles. The van der Waals surface area contributed by atoms with Gasteiger partial charge in [0, 0.05) is 42.5 Å². The van der Waals surface area contributed by atoms with Crippen molar-refractivity contribution in [2.75, 3.05) is 53.5 Å². The average molecular weight is 632 g/mol. The van der Waals surface area contributed by atoms with Gasteiger partial charge in [0.1, 0.15) is 5.60 Å². The van der Waals surface area contributed by atoms with E-state index < -0.39 is 17.0 Å². The van der Waals surface area contributed by atoms with Gasteiger partial charge in [-0.05, 0) is 88.6 Å². The Morgan fingerprint density at radius 3 is 2.71 bits per heavy atom. The highest BCUT2D eigenvalue weighted by atomic mass is 16.5. The first-order valence-corrected chi connectivity index (χ1v) is 18.0. The summed E-state index contributed by atoms with van der Waals surface area (Å²) in [5.74, 6) is 0.510. The molecule has 256 valence electrons. The minimum Gasteiger partial charge on any atom is -0.545 e. The second kappa shape index (κ2) is 14.3. The molecule has 4 fully saturated rings. The van der Waals surface area contributed by atoms with E-state index in [0.29, 0.717) is 43.2 Å². The third-order valence-corrected chi connectivity index (χ3v) is 13.2. The molecule has 0 aromatic rings. The molecular weight excluding hydrogens is 570 g/mol. The number of likely N-dealkylation sites (tertiary alicyclic amines) is 1. The molecule has 1 saturated heterocycles. The number of piperidine rings is 1. The molecule has 0 aromatic heterocycles. The summed E-state index contributed by atoms with van der Waals surface area (Å²) in [5.41, 5.74) is 5.16. The van der Waals surface area contributed by atoms with Gasteiger partial charge in [-0.1, -0.05) is 38.7 Å². The summed E-state index contributed by atoms with van der Waals surface area (Å²) in [7, 11) is 3.74. The van der Waals surface area contributed by atoms with Crippen LogP contribution in [-0.4, -0.2) is 93.4 Å². The lowest BCUT2D eigenvalue weighted by molar-refractivity contribution is -0.828. The number of allylic oxidation sites excluding steroid dienone is 1. The van der Waals surface area contributed by atoms with Crippen LogP contribution in [0.25, 0.3) is 0 Å². The van der Waals surface area contributed by atoms with Gasteiger partial charge >= 0.3 is 0 Å². The van der Waals surface area contributed by atoms with Gasteiger partial charge in [0.15, 0.2) is 0 Å². The van der Waals surface area contributed by atoms with Crippen LogP contribution in [0.3, 0.4) is 0 Å². The molecule has 0 aromatic carbocycles. The van der Waals surface area contributed by atoms with Crippen molar-refractivity contribution in [3.05, 3.63) is 11.1 Å². The lowest BCUT2D eigenvalue weighted by Crippen LogP contribution is -3.19. The zero-order valence-electron chi connectivity index (χ0n) is 28.3. The minimum absolute atomic E-state index is 0.0109. The number of nitrogens with two attached hydrogens (primary N) is 1. The minimum atomic E-state index is -1.61. The number of aliphatic carboxylic acids is 1. The van der Waals surface area contributed by atoms with E-state index in [1.165, 1.54) is 19.3 Å². The second-order valence-electron chi connectivity index (χ2n) is 15.2. The summed E-state index contributed by atoms with van der Waals surface area (Å²) < 4.78 is 6.72. The second-order valence-corrected chi connectivity index (χ2v) is 15.2. The van der Waals surface area contributed by atoms with E-state index in [-0.39, 0.29) is 42.1 Å². The van der Waals surface area contributed by atoms with Crippen LogP contribution in [0.2, 0.25) is 0 Å². The monoisotopic (exact) mass is 631 g/mol. The average Bonchev–Trinajstić information content (AvgIpc) is 3.38. The molecule has 0 radical (unpaired) electrons. The van der Waals surface area contributed by atoms with Gasteiger partial charge in [0.25, 0.3) is 5.96 Å². The number of aliphatic hydroxyl groups excluding tert-OH is 1. The van der Waals surface area contributed by atoms with E-state index in [4.69, 9.17) is 10.5 Å². The number of nitrogens with zero attached hydrogens (tertiary/aromatic N) is 1. The number of hydrogen-bond donors (Lipinski definition) is 6. The summed E-state index contributed by atoms with van der Waals surface area (Å²) in [4.78, 5) is 18.7. The Hall–Kier alpha value is -1.56. The Kier molecular flexibility index (Phi) is 11.0. The van der Waals surface area contributed by atoms with Gasteiger partial charge in [-0.15, -0.1) is 0 Å². The number of ether oxygens (including phenoxy) is 1. The van der Waals surface area contributed by atoms with Gasteiger partial charge < -0.3 is 41.2 Å². The maximum Gasteiger partial charge on any atom is 0.293 e. The molecule has 3 saturated carbocycles. The van der Waals surface area contributed by atoms with Crippen LogP contribution in [-0.2, 0) is 9.53 Å². The van der Waals surface area contributed by atoms with Gasteiger partial charge in [-0.25, -0.2) is 4.99 Å². The number of guanidine groups is 1. The number of hydrogen-bond acceptors (Lipinski definition) is 8. The smallest absolute Gasteiger partial charge is 0.293 e. The van der Waals surface area contributed by atoms with Crippen molar-refractivity contribution < 1.29 is 29.8 Å². The van der Waals surface area contributed by atoms with Gasteiger partial charge in [0.2, 0.25) is 0 Å². The van der Waals surface area contributed by atoms with E-state index in [1.807, 2.05) is 7.05 Å². The number of quaternary nitrogens is 1. The third-order valence-electron chi connectivity index (χ3n) is 13.2. The zero-order chi connectivity index (χ0) is 32.4. The molecule has 7 N–H and O–H groups in total. The van der Waals surface area contributed by atoms with Crippen molar-refractivity contribution >= 4 is 11.9 Å². The normalized spacial score (nSPS) is 41.6. The molecule has 5 aliphatic rings. The fraction of sp³-hybridized carbons (Fsp3) is 0.886. The molecule has 2 bridgehead atoms. The Labute approximate surface area is 270 Å². The molecule has 2 spiro atoms. The Bertz CT molecular complexity index is 1110. The van der Waals surface area contributed by atoms with E-state index >= 15 is 0 Å². The van der Waals surface area contributed by atoms with Crippen LogP contribution >= 0.6 is 0 Å². The molecule has 10 nitrogen and oxygen atoms in total. The fourth-order valence-corrected chi connectivity index (χ4v) is 11.2. The molecule has 1 aliphatic heterocycles. The first-order valence-electron chi connectivity index (χ1n) is 18.0. The summed E-state index contributed by atoms with van der Waals surface area (Å²) >= 11 is 0. The molecule has 1 heterocycles. The highest BCUT2D eigenvalue weighted by Crippen LogP contribution is 2.76. The number of rotatable bonds is 13. The van der Waals surface area contributed by atoms with Crippen molar-refractivity contribution in [1.82, 2.24) is 10.6 Å².